The van der Waals surface area contributed by atoms with Gasteiger partial charge in [0.1, 0.15) is 5.84 Å². The van der Waals surface area contributed by atoms with E-state index in [1.807, 2.05) is 31.2 Å². The van der Waals surface area contributed by atoms with Gasteiger partial charge in [-0.15, -0.1) is 0 Å². The number of sulfonamides is 1. The number of benzene rings is 3. The van der Waals surface area contributed by atoms with E-state index >= 15 is 0 Å². The molecule has 0 radical (unpaired) electrons. The maximum atomic E-state index is 12.9. The number of nitrogens with two attached hydrogens (primary N) is 1. The van der Waals surface area contributed by atoms with Gasteiger partial charge in [-0.2, -0.15) is 0 Å². The van der Waals surface area contributed by atoms with E-state index in [1.54, 1.807) is 35.2 Å². The number of nitrogens with one attached hydrogen (secondary N) is 4. The van der Waals surface area contributed by atoms with Gasteiger partial charge in [-0.05, 0) is 68.5 Å². The predicted molar refractivity (Wildman–Crippen MR) is 187 cm³/mol. The number of piperidine rings is 1. The van der Waals surface area contributed by atoms with Crippen LogP contribution in [0.25, 0.3) is 11.1 Å². The van der Waals surface area contributed by atoms with Gasteiger partial charge in [0.25, 0.3) is 0 Å². The summed E-state index contributed by atoms with van der Waals surface area (Å²) in [5, 5.41) is 14.1. The number of likely N-dealkylation sites (tertiary alicyclic amines) is 1. The molecule has 1 aliphatic heterocycles. The molecule has 0 bridgehead atoms. The number of aryl methyl sites for hydroxylation is 1. The standard InChI is InChI=1S/C26H32Cl2N4O4S.C8H10N2/c27-19-9-10-23(24(28)16-19)18-5-4-8-22(15-18)37(35,36)29-17-25(33)32-13-11-21(12-14-32)31-26(34)30-20-6-2-1-3-7-20;1-6-3-2-4-7(5-6)8(9)10/h4-5,8-10,15-16,20-21,29H,1-3,6-7,11-14,17H2,(H2,30,31,34);2-5H,1H3,(H3,9,10). The van der Waals surface area contributed by atoms with Crippen molar-refractivity contribution in [2.24, 2.45) is 5.73 Å². The minimum Gasteiger partial charge on any atom is -0.384 e. The van der Waals surface area contributed by atoms with Crippen LogP contribution >= 0.6 is 23.2 Å². The average molecular weight is 702 g/mol. The van der Waals surface area contributed by atoms with Crippen LogP contribution in [-0.2, 0) is 14.8 Å². The first kappa shape index (κ1) is 36.2. The molecule has 252 valence electrons. The number of amidine groups is 1. The highest BCUT2D eigenvalue weighted by Crippen LogP contribution is 2.31. The SMILES string of the molecule is Cc1cccc(C(=N)N)c1.O=C(NC1CCCCC1)NC1CCN(C(=O)CNS(=O)(=O)c2cccc(-c3ccc(Cl)cc3Cl)c2)CC1. The van der Waals surface area contributed by atoms with Crippen molar-refractivity contribution in [1.29, 1.82) is 5.41 Å². The first-order valence-corrected chi connectivity index (χ1v) is 18.0. The molecule has 10 nitrogen and oxygen atoms in total. The third-order valence-electron chi connectivity index (χ3n) is 8.25. The van der Waals surface area contributed by atoms with Gasteiger partial charge in [-0.25, -0.2) is 17.9 Å². The molecule has 1 saturated heterocycles. The van der Waals surface area contributed by atoms with Crippen LogP contribution in [0.5, 0.6) is 0 Å². The highest BCUT2D eigenvalue weighted by atomic mass is 35.5. The van der Waals surface area contributed by atoms with Gasteiger partial charge >= 0.3 is 6.03 Å². The Bertz CT molecular complexity index is 1670. The Hall–Kier alpha value is -3.64. The number of halogens is 2. The normalized spacial score (nSPS) is 15.7. The number of hydrogen-bond acceptors (Lipinski definition) is 5. The predicted octanol–water partition coefficient (Wildman–Crippen LogP) is 5.84. The van der Waals surface area contributed by atoms with Crippen LogP contribution in [0, 0.1) is 12.3 Å². The Kier molecular flexibility index (Phi) is 13.1. The van der Waals surface area contributed by atoms with Crippen LogP contribution in [0.1, 0.15) is 56.1 Å². The highest BCUT2D eigenvalue weighted by Gasteiger charge is 2.26. The largest absolute Gasteiger partial charge is 0.384 e. The molecule has 0 unspecified atom stereocenters. The summed E-state index contributed by atoms with van der Waals surface area (Å²) < 4.78 is 28.2. The molecule has 6 N–H and O–H groups in total. The fraction of sp³-hybridized carbons (Fsp3) is 0.382. The first-order valence-electron chi connectivity index (χ1n) is 15.7. The third-order valence-corrected chi connectivity index (χ3v) is 10.2. The summed E-state index contributed by atoms with van der Waals surface area (Å²) in [5.74, 6) is -0.172. The van der Waals surface area contributed by atoms with E-state index in [2.05, 4.69) is 15.4 Å². The van der Waals surface area contributed by atoms with Crippen molar-refractivity contribution < 1.29 is 18.0 Å². The minimum atomic E-state index is -3.92. The fourth-order valence-corrected chi connectivity index (χ4v) is 7.19. The lowest BCUT2D eigenvalue weighted by molar-refractivity contribution is -0.131. The number of carbonyl (C=O) groups is 2. The molecule has 1 heterocycles. The second-order valence-corrected chi connectivity index (χ2v) is 14.5. The summed E-state index contributed by atoms with van der Waals surface area (Å²) in [4.78, 5) is 26.7. The van der Waals surface area contributed by atoms with Gasteiger partial charge in [0, 0.05) is 46.3 Å². The molecular weight excluding hydrogens is 659 g/mol. The summed E-state index contributed by atoms with van der Waals surface area (Å²) in [6.45, 7) is 2.56. The van der Waals surface area contributed by atoms with Crippen LogP contribution in [0.4, 0.5) is 4.79 Å². The second-order valence-electron chi connectivity index (χ2n) is 11.9. The Morgan fingerprint density at radius 2 is 1.55 bits per heavy atom. The van der Waals surface area contributed by atoms with Crippen LogP contribution in [0.2, 0.25) is 10.0 Å². The second kappa shape index (κ2) is 17.0. The molecule has 5 rings (SSSR count). The monoisotopic (exact) mass is 700 g/mol. The molecule has 0 spiro atoms. The van der Waals surface area contributed by atoms with Gasteiger partial charge in [0.15, 0.2) is 0 Å². The van der Waals surface area contributed by atoms with Crippen LogP contribution in [0.3, 0.4) is 0 Å². The van der Waals surface area contributed by atoms with Crippen molar-refractivity contribution in [2.75, 3.05) is 19.6 Å². The van der Waals surface area contributed by atoms with E-state index in [1.165, 1.54) is 18.6 Å². The van der Waals surface area contributed by atoms with Crippen molar-refractivity contribution >= 4 is 51.0 Å². The topological polar surface area (TPSA) is 157 Å². The zero-order valence-corrected chi connectivity index (χ0v) is 28.7. The number of rotatable bonds is 8. The number of carbonyl (C=O) groups excluding carboxylic acids is 2. The van der Waals surface area contributed by atoms with Crippen LogP contribution < -0.4 is 21.1 Å². The summed E-state index contributed by atoms with van der Waals surface area (Å²) in [5.41, 5.74) is 8.47. The molecule has 0 aromatic heterocycles. The van der Waals surface area contributed by atoms with Crippen LogP contribution in [0.15, 0.2) is 71.6 Å². The van der Waals surface area contributed by atoms with E-state index < -0.39 is 10.0 Å². The summed E-state index contributed by atoms with van der Waals surface area (Å²) in [6.07, 6.45) is 6.83. The average Bonchev–Trinajstić information content (AvgIpc) is 3.05. The van der Waals surface area contributed by atoms with Gasteiger partial charge in [-0.3, -0.25) is 10.2 Å². The van der Waals surface area contributed by atoms with E-state index in [4.69, 9.17) is 34.3 Å². The lowest BCUT2D eigenvalue weighted by atomic mass is 9.96. The highest BCUT2D eigenvalue weighted by molar-refractivity contribution is 7.89. The number of hydrogen-bond donors (Lipinski definition) is 5. The molecule has 1 saturated carbocycles. The Morgan fingerprint density at radius 1 is 0.894 bits per heavy atom. The van der Waals surface area contributed by atoms with E-state index in [-0.39, 0.29) is 41.3 Å². The van der Waals surface area contributed by atoms with E-state index in [0.29, 0.717) is 47.1 Å². The summed E-state index contributed by atoms with van der Waals surface area (Å²) in [7, 11) is -3.92. The molecule has 2 aliphatic rings. The van der Waals surface area contributed by atoms with Crippen molar-refractivity contribution in [2.45, 2.75) is 68.8 Å². The van der Waals surface area contributed by atoms with Crippen molar-refractivity contribution in [3.63, 3.8) is 0 Å². The molecule has 0 atom stereocenters. The summed E-state index contributed by atoms with van der Waals surface area (Å²) >= 11 is 12.2. The Labute approximate surface area is 287 Å². The van der Waals surface area contributed by atoms with E-state index in [0.717, 1.165) is 36.8 Å². The molecule has 47 heavy (non-hydrogen) atoms. The number of amides is 3. The van der Waals surface area contributed by atoms with Gasteiger partial charge in [0.05, 0.1) is 11.4 Å². The maximum Gasteiger partial charge on any atom is 0.315 e. The van der Waals surface area contributed by atoms with Crippen molar-refractivity contribution in [3.8, 4) is 11.1 Å². The van der Waals surface area contributed by atoms with Gasteiger partial charge < -0.3 is 21.3 Å². The molecule has 1 aliphatic carbocycles. The molecule has 13 heteroatoms. The van der Waals surface area contributed by atoms with Crippen LogP contribution in [-0.4, -0.2) is 62.8 Å². The third kappa shape index (κ3) is 11.0. The Balaban J connectivity index is 0.000000427. The molecule has 2 fully saturated rings. The zero-order chi connectivity index (χ0) is 34.0. The van der Waals surface area contributed by atoms with Crippen molar-refractivity contribution in [3.05, 3.63) is 87.9 Å². The smallest absolute Gasteiger partial charge is 0.315 e. The molecule has 3 amide bonds. The molecule has 3 aromatic rings. The maximum absolute atomic E-state index is 12.9. The zero-order valence-electron chi connectivity index (χ0n) is 26.4. The molecule has 3 aromatic carbocycles. The summed E-state index contributed by atoms with van der Waals surface area (Å²) in [6, 6.07) is 19.0. The molecular formula is C34H42Cl2N6O4S. The van der Waals surface area contributed by atoms with E-state index in [9.17, 15) is 18.0 Å². The fourth-order valence-electron chi connectivity index (χ4n) is 5.65. The van der Waals surface area contributed by atoms with Gasteiger partial charge in [-0.1, -0.05) is 84.4 Å². The van der Waals surface area contributed by atoms with Gasteiger partial charge in [0.2, 0.25) is 15.9 Å². The number of nitrogen functional groups attached to an aromatic ring is 1. The number of urea groups is 1. The lowest BCUT2D eigenvalue weighted by Crippen LogP contribution is -2.52. The lowest BCUT2D eigenvalue weighted by Gasteiger charge is -2.33. The first-order chi connectivity index (χ1) is 22.4. The van der Waals surface area contributed by atoms with Crippen molar-refractivity contribution in [1.82, 2.24) is 20.3 Å². The number of nitrogens with zero attached hydrogens (tertiary/aromatic N) is 1. The minimum absolute atomic E-state index is 0.00763. The quantitative estimate of drug-likeness (QED) is 0.147. The Morgan fingerprint density at radius 3 is 2.17 bits per heavy atom.